The molecule has 2 heterocycles. The van der Waals surface area contributed by atoms with E-state index in [1.165, 1.54) is 0 Å². The molecule has 0 aliphatic carbocycles. The van der Waals surface area contributed by atoms with E-state index in [9.17, 15) is 40.2 Å². The van der Waals surface area contributed by atoms with E-state index >= 15 is 0 Å². The van der Waals surface area contributed by atoms with Crippen molar-refractivity contribution < 1.29 is 63.9 Å². The Bertz CT molecular complexity index is 541. The second-order valence-corrected chi connectivity index (χ2v) is 6.03. The van der Waals surface area contributed by atoms with Gasteiger partial charge < -0.3 is 54.3 Å². The molecular formula is C14H22O13. The zero-order valence-electron chi connectivity index (χ0n) is 14.3. The van der Waals surface area contributed by atoms with E-state index in [0.29, 0.717) is 0 Å². The minimum absolute atomic E-state index is 1.10. The standard InChI is InChI=1S/C14H22O13/c1-23-7-3(15)6(18)14(27-9(7)11(19)20)25-8-4(16)5(17)13(24-2)26-10(8)12(21)22/h3-10,13-18H,1-2H3,(H,19,20)(H,21,22)/t3?,4?,5?,6?,7-,8+,9?,10?,13-,14-/m1/s1. The van der Waals surface area contributed by atoms with Gasteiger partial charge in [0.1, 0.15) is 36.6 Å². The van der Waals surface area contributed by atoms with Crippen LogP contribution >= 0.6 is 0 Å². The highest BCUT2D eigenvalue weighted by Crippen LogP contribution is 2.30. The number of carbonyl (C=O) groups is 2. The first-order valence-electron chi connectivity index (χ1n) is 7.83. The highest BCUT2D eigenvalue weighted by Gasteiger charge is 2.54. The molecule has 13 nitrogen and oxygen atoms in total. The minimum Gasteiger partial charge on any atom is -0.479 e. The van der Waals surface area contributed by atoms with Gasteiger partial charge in [-0.3, -0.25) is 0 Å². The van der Waals surface area contributed by atoms with Crippen molar-refractivity contribution in [3.05, 3.63) is 0 Å². The van der Waals surface area contributed by atoms with Gasteiger partial charge in [0, 0.05) is 14.2 Å². The molecule has 0 aromatic carbocycles. The van der Waals surface area contributed by atoms with E-state index in [-0.39, 0.29) is 0 Å². The smallest absolute Gasteiger partial charge is 0.335 e. The number of hydrogen-bond acceptors (Lipinski definition) is 11. The Hall–Kier alpha value is -1.42. The number of carboxylic acids is 2. The van der Waals surface area contributed by atoms with E-state index in [2.05, 4.69) is 0 Å². The summed E-state index contributed by atoms with van der Waals surface area (Å²) in [6, 6.07) is 0. The molecule has 0 saturated carbocycles. The molecule has 0 spiro atoms. The average molecular weight is 398 g/mol. The monoisotopic (exact) mass is 398 g/mol. The molecule has 2 aliphatic rings. The molecule has 6 N–H and O–H groups in total. The number of rotatable bonds is 6. The SMILES string of the molecule is CO[C@@H]1OC(C(=O)O)[C@@H](O[C@@H]2OC(C(=O)O)[C@H](OC)C(O)C2O)C(O)C1O. The van der Waals surface area contributed by atoms with Crippen LogP contribution < -0.4 is 0 Å². The van der Waals surface area contributed by atoms with Crippen molar-refractivity contribution in [3.8, 4) is 0 Å². The Morgan fingerprint density at radius 1 is 0.704 bits per heavy atom. The van der Waals surface area contributed by atoms with Gasteiger partial charge in [-0.15, -0.1) is 0 Å². The first-order chi connectivity index (χ1) is 12.6. The van der Waals surface area contributed by atoms with Crippen molar-refractivity contribution in [2.24, 2.45) is 0 Å². The van der Waals surface area contributed by atoms with Crippen LogP contribution in [0, 0.1) is 0 Å². The Labute approximate surface area is 152 Å². The fourth-order valence-corrected chi connectivity index (χ4v) is 2.95. The maximum absolute atomic E-state index is 11.4. The lowest BCUT2D eigenvalue weighted by Crippen LogP contribution is -2.65. The normalized spacial score (nSPS) is 45.4. The van der Waals surface area contributed by atoms with Crippen LogP contribution in [0.5, 0.6) is 0 Å². The van der Waals surface area contributed by atoms with Crippen molar-refractivity contribution in [2.45, 2.75) is 61.4 Å². The van der Waals surface area contributed by atoms with Crippen LogP contribution in [-0.4, -0.2) is 118 Å². The Morgan fingerprint density at radius 2 is 1.15 bits per heavy atom. The third kappa shape index (κ3) is 4.21. The van der Waals surface area contributed by atoms with Crippen molar-refractivity contribution in [1.29, 1.82) is 0 Å². The first-order valence-corrected chi connectivity index (χ1v) is 7.83. The third-order valence-corrected chi connectivity index (χ3v) is 4.37. The van der Waals surface area contributed by atoms with Crippen LogP contribution in [0.4, 0.5) is 0 Å². The molecule has 27 heavy (non-hydrogen) atoms. The average Bonchev–Trinajstić information content (AvgIpc) is 2.62. The Morgan fingerprint density at radius 3 is 1.63 bits per heavy atom. The van der Waals surface area contributed by atoms with Gasteiger partial charge in [-0.25, -0.2) is 9.59 Å². The number of aliphatic carboxylic acids is 2. The van der Waals surface area contributed by atoms with Gasteiger partial charge in [-0.1, -0.05) is 0 Å². The van der Waals surface area contributed by atoms with Gasteiger partial charge in [0.2, 0.25) is 0 Å². The largest absolute Gasteiger partial charge is 0.479 e. The Balaban J connectivity index is 2.24. The highest BCUT2D eigenvalue weighted by molar-refractivity contribution is 5.74. The molecule has 0 aromatic heterocycles. The maximum Gasteiger partial charge on any atom is 0.335 e. The van der Waals surface area contributed by atoms with Crippen LogP contribution in [0.2, 0.25) is 0 Å². The lowest BCUT2D eigenvalue weighted by molar-refractivity contribution is -0.349. The second-order valence-electron chi connectivity index (χ2n) is 6.03. The molecule has 0 bridgehead atoms. The zero-order chi connectivity index (χ0) is 20.5. The van der Waals surface area contributed by atoms with Gasteiger partial charge in [0.25, 0.3) is 0 Å². The van der Waals surface area contributed by atoms with Gasteiger partial charge in [0.15, 0.2) is 24.8 Å². The molecule has 0 amide bonds. The molecule has 6 unspecified atom stereocenters. The number of carboxylic acid groups (broad SMARTS) is 2. The number of methoxy groups -OCH3 is 2. The Kier molecular flexibility index (Phi) is 7.07. The number of ether oxygens (including phenoxy) is 5. The highest BCUT2D eigenvalue weighted by atomic mass is 16.7. The molecule has 10 atom stereocenters. The maximum atomic E-state index is 11.4. The summed E-state index contributed by atoms with van der Waals surface area (Å²) in [5.41, 5.74) is 0. The molecule has 2 aliphatic heterocycles. The fraction of sp³-hybridized carbons (Fsp3) is 0.857. The molecule has 156 valence electrons. The van der Waals surface area contributed by atoms with Crippen LogP contribution in [0.25, 0.3) is 0 Å². The van der Waals surface area contributed by atoms with Gasteiger partial charge >= 0.3 is 11.9 Å². The number of hydrogen-bond donors (Lipinski definition) is 6. The number of aliphatic hydroxyl groups is 4. The van der Waals surface area contributed by atoms with Crippen molar-refractivity contribution in [2.75, 3.05) is 14.2 Å². The summed E-state index contributed by atoms with van der Waals surface area (Å²) >= 11 is 0. The van der Waals surface area contributed by atoms with Crippen LogP contribution in [0.1, 0.15) is 0 Å². The topological polar surface area (TPSA) is 202 Å². The van der Waals surface area contributed by atoms with Crippen LogP contribution in [0.3, 0.4) is 0 Å². The van der Waals surface area contributed by atoms with Gasteiger partial charge in [-0.05, 0) is 0 Å². The van der Waals surface area contributed by atoms with Crippen LogP contribution in [0.15, 0.2) is 0 Å². The van der Waals surface area contributed by atoms with Gasteiger partial charge in [0.05, 0.1) is 0 Å². The lowest BCUT2D eigenvalue weighted by Gasteiger charge is -2.45. The molecule has 2 fully saturated rings. The quantitative estimate of drug-likeness (QED) is 0.254. The third-order valence-electron chi connectivity index (χ3n) is 4.37. The zero-order valence-corrected chi connectivity index (χ0v) is 14.3. The van der Waals surface area contributed by atoms with Gasteiger partial charge in [-0.2, -0.15) is 0 Å². The molecule has 2 saturated heterocycles. The van der Waals surface area contributed by atoms with Crippen molar-refractivity contribution >= 4 is 11.9 Å². The molecule has 0 aromatic rings. The van der Waals surface area contributed by atoms with Crippen molar-refractivity contribution in [3.63, 3.8) is 0 Å². The van der Waals surface area contributed by atoms with Crippen molar-refractivity contribution in [1.82, 2.24) is 0 Å². The minimum atomic E-state index is -1.86. The summed E-state index contributed by atoms with van der Waals surface area (Å²) < 4.78 is 24.9. The van der Waals surface area contributed by atoms with E-state index in [0.717, 1.165) is 14.2 Å². The fourth-order valence-electron chi connectivity index (χ4n) is 2.95. The van der Waals surface area contributed by atoms with E-state index in [1.54, 1.807) is 0 Å². The predicted octanol–water partition coefficient (Wildman–Crippen LogP) is -3.90. The summed E-state index contributed by atoms with van der Waals surface area (Å²) in [5, 5.41) is 58.7. The number of aliphatic hydroxyl groups excluding tert-OH is 4. The molecule has 0 radical (unpaired) electrons. The van der Waals surface area contributed by atoms with E-state index in [1.807, 2.05) is 0 Å². The first kappa shape index (κ1) is 21.9. The molecule has 2 rings (SSSR count). The second kappa shape index (κ2) is 8.72. The van der Waals surface area contributed by atoms with E-state index < -0.39 is 73.4 Å². The summed E-state index contributed by atoms with van der Waals surface area (Å²) in [6.45, 7) is 0. The van der Waals surface area contributed by atoms with Crippen LogP contribution in [-0.2, 0) is 33.3 Å². The summed E-state index contributed by atoms with van der Waals surface area (Å²) in [5.74, 6) is -3.11. The summed E-state index contributed by atoms with van der Waals surface area (Å²) in [6.07, 6.45) is -17.3. The molecule has 13 heteroatoms. The summed E-state index contributed by atoms with van der Waals surface area (Å²) in [4.78, 5) is 22.7. The predicted molar refractivity (Wildman–Crippen MR) is 79.3 cm³/mol. The van der Waals surface area contributed by atoms with E-state index in [4.69, 9.17) is 23.7 Å². The summed E-state index contributed by atoms with van der Waals surface area (Å²) in [7, 11) is 2.22. The lowest BCUT2D eigenvalue weighted by atomic mass is 9.96. The molecular weight excluding hydrogens is 376 g/mol.